The van der Waals surface area contributed by atoms with Crippen LogP contribution in [0, 0.1) is 15.9 Å². The molecule has 2 aliphatic heterocycles. The van der Waals surface area contributed by atoms with Crippen molar-refractivity contribution >= 4 is 11.6 Å². The Hall–Kier alpha value is -3.00. The maximum Gasteiger partial charge on any atom is 0.305 e. The van der Waals surface area contributed by atoms with Gasteiger partial charge >= 0.3 is 5.69 Å². The Morgan fingerprint density at radius 2 is 1.93 bits per heavy atom. The van der Waals surface area contributed by atoms with Gasteiger partial charge in [0.15, 0.2) is 0 Å². The summed E-state index contributed by atoms with van der Waals surface area (Å²) in [4.78, 5) is 26.6. The summed E-state index contributed by atoms with van der Waals surface area (Å²) in [6.45, 7) is 4.01. The number of amides is 1. The molecule has 2 aliphatic rings. The number of halogens is 1. The van der Waals surface area contributed by atoms with Crippen LogP contribution in [0.2, 0.25) is 0 Å². The van der Waals surface area contributed by atoms with Gasteiger partial charge in [-0.1, -0.05) is 12.1 Å². The first-order chi connectivity index (χ1) is 13.5. The number of carbonyl (C=O) groups excluding carboxylic acids is 1. The normalized spacial score (nSPS) is 16.5. The number of fused-ring (bicyclic) bond motifs is 1. The van der Waals surface area contributed by atoms with E-state index < -0.39 is 16.4 Å². The van der Waals surface area contributed by atoms with Gasteiger partial charge in [0.25, 0.3) is 5.91 Å². The molecule has 0 unspecified atom stereocenters. The Kier molecular flexibility index (Phi) is 4.95. The fourth-order valence-electron chi connectivity index (χ4n) is 3.67. The van der Waals surface area contributed by atoms with Crippen LogP contribution in [-0.2, 0) is 13.0 Å². The standard InChI is InChI=1S/C20H20FN3O4/c21-17-3-2-16(12-18(17)24(26)27)20(25)23-8-6-22(7-9-23)13-14-1-4-19-15(11-14)5-10-28-19/h1-4,11-12H,5-10,13H2. The predicted molar refractivity (Wildman–Crippen MR) is 99.9 cm³/mol. The van der Waals surface area contributed by atoms with E-state index in [1.165, 1.54) is 17.2 Å². The van der Waals surface area contributed by atoms with Crippen LogP contribution < -0.4 is 4.74 Å². The van der Waals surface area contributed by atoms with E-state index in [0.29, 0.717) is 26.2 Å². The molecule has 146 valence electrons. The average molecular weight is 385 g/mol. The molecule has 2 heterocycles. The van der Waals surface area contributed by atoms with E-state index in [1.807, 2.05) is 6.07 Å². The van der Waals surface area contributed by atoms with Crippen LogP contribution in [-0.4, -0.2) is 53.4 Å². The third-order valence-corrected chi connectivity index (χ3v) is 5.21. The highest BCUT2D eigenvalue weighted by atomic mass is 19.1. The molecule has 0 aliphatic carbocycles. The lowest BCUT2D eigenvalue weighted by Gasteiger charge is -2.34. The summed E-state index contributed by atoms with van der Waals surface area (Å²) in [6, 6.07) is 9.54. The number of piperazine rings is 1. The van der Waals surface area contributed by atoms with Gasteiger partial charge in [0.1, 0.15) is 5.75 Å². The highest BCUT2D eigenvalue weighted by molar-refractivity contribution is 5.95. The largest absolute Gasteiger partial charge is 0.493 e. The number of nitro groups is 1. The quantitative estimate of drug-likeness (QED) is 0.597. The molecular weight excluding hydrogens is 365 g/mol. The maximum atomic E-state index is 13.5. The van der Waals surface area contributed by atoms with Crippen LogP contribution in [0.3, 0.4) is 0 Å². The summed E-state index contributed by atoms with van der Waals surface area (Å²) in [5.41, 5.74) is 1.92. The van der Waals surface area contributed by atoms with Crippen molar-refractivity contribution in [1.82, 2.24) is 9.80 Å². The van der Waals surface area contributed by atoms with Crippen molar-refractivity contribution in [3.8, 4) is 5.75 Å². The van der Waals surface area contributed by atoms with Crippen molar-refractivity contribution in [2.24, 2.45) is 0 Å². The fourth-order valence-corrected chi connectivity index (χ4v) is 3.67. The Balaban J connectivity index is 1.37. The first-order valence-electron chi connectivity index (χ1n) is 9.21. The van der Waals surface area contributed by atoms with Crippen LogP contribution in [0.5, 0.6) is 5.75 Å². The van der Waals surface area contributed by atoms with Crippen molar-refractivity contribution in [2.45, 2.75) is 13.0 Å². The van der Waals surface area contributed by atoms with Crippen molar-refractivity contribution in [3.63, 3.8) is 0 Å². The zero-order chi connectivity index (χ0) is 19.7. The van der Waals surface area contributed by atoms with E-state index in [4.69, 9.17) is 4.74 Å². The minimum Gasteiger partial charge on any atom is -0.493 e. The minimum atomic E-state index is -0.939. The molecule has 0 atom stereocenters. The van der Waals surface area contributed by atoms with Gasteiger partial charge in [-0.2, -0.15) is 4.39 Å². The smallest absolute Gasteiger partial charge is 0.305 e. The molecule has 1 saturated heterocycles. The van der Waals surface area contributed by atoms with Gasteiger partial charge in [-0.3, -0.25) is 19.8 Å². The number of nitrogens with zero attached hydrogens (tertiary/aromatic N) is 3. The van der Waals surface area contributed by atoms with Gasteiger partial charge in [0.05, 0.1) is 11.5 Å². The van der Waals surface area contributed by atoms with Gasteiger partial charge < -0.3 is 9.64 Å². The van der Waals surface area contributed by atoms with Crippen LogP contribution in [0.4, 0.5) is 10.1 Å². The first kappa shape index (κ1) is 18.4. The summed E-state index contributed by atoms with van der Waals surface area (Å²) < 4.78 is 19.0. The molecule has 2 aromatic carbocycles. The first-order valence-corrected chi connectivity index (χ1v) is 9.21. The molecule has 0 N–H and O–H groups in total. The Morgan fingerprint density at radius 1 is 1.14 bits per heavy atom. The summed E-state index contributed by atoms with van der Waals surface area (Å²) in [5, 5.41) is 10.9. The van der Waals surface area contributed by atoms with Gasteiger partial charge in [-0.05, 0) is 29.3 Å². The summed E-state index contributed by atoms with van der Waals surface area (Å²) in [5.74, 6) is -0.281. The van der Waals surface area contributed by atoms with Crippen LogP contribution in [0.15, 0.2) is 36.4 Å². The lowest BCUT2D eigenvalue weighted by molar-refractivity contribution is -0.387. The van der Waals surface area contributed by atoms with Crippen LogP contribution in [0.1, 0.15) is 21.5 Å². The number of benzene rings is 2. The summed E-state index contributed by atoms with van der Waals surface area (Å²) in [7, 11) is 0. The summed E-state index contributed by atoms with van der Waals surface area (Å²) >= 11 is 0. The maximum absolute atomic E-state index is 13.5. The number of nitro benzene ring substituents is 1. The fraction of sp³-hybridized carbons (Fsp3) is 0.350. The third kappa shape index (κ3) is 3.68. The molecule has 0 radical (unpaired) electrons. The second-order valence-electron chi connectivity index (χ2n) is 7.03. The molecule has 0 bridgehead atoms. The minimum absolute atomic E-state index is 0.139. The number of hydrogen-bond donors (Lipinski definition) is 0. The van der Waals surface area contributed by atoms with E-state index in [0.717, 1.165) is 37.5 Å². The molecule has 2 aromatic rings. The van der Waals surface area contributed by atoms with E-state index in [2.05, 4.69) is 17.0 Å². The predicted octanol–water partition coefficient (Wildman–Crippen LogP) is 2.63. The van der Waals surface area contributed by atoms with E-state index >= 15 is 0 Å². The van der Waals surface area contributed by atoms with Crippen molar-refractivity contribution < 1.29 is 18.8 Å². The highest BCUT2D eigenvalue weighted by Gasteiger charge is 2.25. The molecule has 7 nitrogen and oxygen atoms in total. The van der Waals surface area contributed by atoms with Crippen molar-refractivity contribution in [1.29, 1.82) is 0 Å². The number of hydrogen-bond acceptors (Lipinski definition) is 5. The van der Waals surface area contributed by atoms with Crippen molar-refractivity contribution in [2.75, 3.05) is 32.8 Å². The van der Waals surface area contributed by atoms with Crippen molar-refractivity contribution in [3.05, 3.63) is 69.0 Å². The molecule has 28 heavy (non-hydrogen) atoms. The second kappa shape index (κ2) is 7.55. The SMILES string of the molecule is O=C(c1ccc(F)c([N+](=O)[O-])c1)N1CCN(Cc2ccc3c(c2)CCO3)CC1. The lowest BCUT2D eigenvalue weighted by atomic mass is 10.1. The molecular formula is C20H20FN3O4. The van der Waals surface area contributed by atoms with Gasteiger partial charge in [-0.15, -0.1) is 0 Å². The average Bonchev–Trinajstić information content (AvgIpc) is 3.16. The van der Waals surface area contributed by atoms with Gasteiger partial charge in [0, 0.05) is 50.8 Å². The van der Waals surface area contributed by atoms with E-state index in [1.54, 1.807) is 4.90 Å². The Morgan fingerprint density at radius 3 is 2.68 bits per heavy atom. The highest BCUT2D eigenvalue weighted by Crippen LogP contribution is 2.26. The molecule has 0 saturated carbocycles. The van der Waals surface area contributed by atoms with Crippen LogP contribution in [0.25, 0.3) is 0 Å². The topological polar surface area (TPSA) is 75.9 Å². The van der Waals surface area contributed by atoms with E-state index in [-0.39, 0.29) is 11.5 Å². The Labute approximate surface area is 161 Å². The zero-order valence-corrected chi connectivity index (χ0v) is 15.3. The second-order valence-corrected chi connectivity index (χ2v) is 7.03. The number of carbonyl (C=O) groups is 1. The van der Waals surface area contributed by atoms with Gasteiger partial charge in [-0.25, -0.2) is 0 Å². The summed E-state index contributed by atoms with van der Waals surface area (Å²) in [6.07, 6.45) is 0.940. The number of rotatable bonds is 4. The number of ether oxygens (including phenoxy) is 1. The monoisotopic (exact) mass is 385 g/mol. The molecule has 1 amide bonds. The molecule has 1 fully saturated rings. The zero-order valence-electron chi connectivity index (χ0n) is 15.3. The molecule has 4 rings (SSSR count). The molecule has 8 heteroatoms. The third-order valence-electron chi connectivity index (χ3n) is 5.21. The van der Waals surface area contributed by atoms with Gasteiger partial charge in [0.2, 0.25) is 5.82 Å². The van der Waals surface area contributed by atoms with E-state index in [9.17, 15) is 19.3 Å². The van der Waals surface area contributed by atoms with Crippen LogP contribution >= 0.6 is 0 Å². The molecule has 0 spiro atoms. The Bertz CT molecular complexity index is 926. The lowest BCUT2D eigenvalue weighted by Crippen LogP contribution is -2.48. The molecule has 0 aromatic heterocycles.